The van der Waals surface area contributed by atoms with Crippen molar-refractivity contribution in [1.29, 1.82) is 0 Å². The standard InChI is InChI=1S/C13H27N/c1-6-8-9-11-14(12(3)4)13(5)10-7-2/h13H,3,6-11H2,1-2,4-5H3. The first-order valence-electron chi connectivity index (χ1n) is 6.05. The quantitative estimate of drug-likeness (QED) is 0.527. The van der Waals surface area contributed by atoms with Gasteiger partial charge in [0.2, 0.25) is 0 Å². The Bertz CT molecular complexity index is 151. The molecule has 1 nitrogen and oxygen atoms in total. The number of rotatable bonds is 8. The van der Waals surface area contributed by atoms with Crippen molar-refractivity contribution < 1.29 is 0 Å². The molecule has 0 aliphatic carbocycles. The molecule has 84 valence electrons. The van der Waals surface area contributed by atoms with E-state index < -0.39 is 0 Å². The molecule has 0 amide bonds. The third kappa shape index (κ3) is 5.31. The minimum absolute atomic E-state index is 0.661. The Morgan fingerprint density at radius 3 is 2.29 bits per heavy atom. The van der Waals surface area contributed by atoms with Gasteiger partial charge in [0.05, 0.1) is 0 Å². The van der Waals surface area contributed by atoms with Gasteiger partial charge in [-0.05, 0) is 26.7 Å². The average molecular weight is 197 g/mol. The van der Waals surface area contributed by atoms with E-state index in [1.807, 2.05) is 0 Å². The van der Waals surface area contributed by atoms with Crippen molar-refractivity contribution in [1.82, 2.24) is 4.90 Å². The van der Waals surface area contributed by atoms with Crippen LogP contribution in [-0.2, 0) is 0 Å². The Morgan fingerprint density at radius 2 is 1.86 bits per heavy atom. The van der Waals surface area contributed by atoms with Crippen molar-refractivity contribution in [2.75, 3.05) is 6.54 Å². The monoisotopic (exact) mass is 197 g/mol. The van der Waals surface area contributed by atoms with Crippen LogP contribution in [0.25, 0.3) is 0 Å². The van der Waals surface area contributed by atoms with Crippen molar-refractivity contribution in [2.45, 2.75) is 65.8 Å². The van der Waals surface area contributed by atoms with Crippen LogP contribution in [0, 0.1) is 0 Å². The van der Waals surface area contributed by atoms with Crippen LogP contribution in [0.4, 0.5) is 0 Å². The van der Waals surface area contributed by atoms with Crippen molar-refractivity contribution in [3.8, 4) is 0 Å². The molecule has 0 radical (unpaired) electrons. The first-order valence-corrected chi connectivity index (χ1v) is 6.05. The van der Waals surface area contributed by atoms with Crippen LogP contribution in [-0.4, -0.2) is 17.5 Å². The van der Waals surface area contributed by atoms with Gasteiger partial charge >= 0.3 is 0 Å². The molecule has 1 heteroatoms. The fourth-order valence-electron chi connectivity index (χ4n) is 1.89. The topological polar surface area (TPSA) is 3.24 Å². The molecule has 0 heterocycles. The Hall–Kier alpha value is -0.460. The highest BCUT2D eigenvalue weighted by atomic mass is 15.2. The lowest BCUT2D eigenvalue weighted by Gasteiger charge is -2.31. The van der Waals surface area contributed by atoms with E-state index in [-0.39, 0.29) is 0 Å². The van der Waals surface area contributed by atoms with Gasteiger partial charge in [-0.2, -0.15) is 0 Å². The smallest absolute Gasteiger partial charge is 0.0258 e. The minimum atomic E-state index is 0.661. The zero-order chi connectivity index (χ0) is 11.0. The molecule has 0 aromatic heterocycles. The normalized spacial score (nSPS) is 12.6. The number of allylic oxidation sites excluding steroid dienone is 1. The molecule has 0 aliphatic heterocycles. The predicted molar refractivity (Wildman–Crippen MR) is 65.4 cm³/mol. The van der Waals surface area contributed by atoms with E-state index in [1.54, 1.807) is 0 Å². The molecule has 1 unspecified atom stereocenters. The molecule has 1 atom stereocenters. The SMILES string of the molecule is C=C(C)N(CCCCC)C(C)CCC. The summed E-state index contributed by atoms with van der Waals surface area (Å²) < 4.78 is 0. The van der Waals surface area contributed by atoms with Gasteiger partial charge in [-0.1, -0.05) is 39.7 Å². The van der Waals surface area contributed by atoms with Gasteiger partial charge < -0.3 is 4.90 Å². The number of unbranched alkanes of at least 4 members (excludes halogenated alkanes) is 2. The van der Waals surface area contributed by atoms with Crippen molar-refractivity contribution >= 4 is 0 Å². The van der Waals surface area contributed by atoms with Crippen molar-refractivity contribution in [3.63, 3.8) is 0 Å². The second-order valence-electron chi connectivity index (χ2n) is 4.27. The molecule has 0 saturated heterocycles. The van der Waals surface area contributed by atoms with E-state index in [1.165, 1.54) is 44.3 Å². The first kappa shape index (κ1) is 13.5. The summed E-state index contributed by atoms with van der Waals surface area (Å²) in [5.41, 5.74) is 1.22. The van der Waals surface area contributed by atoms with E-state index in [4.69, 9.17) is 0 Å². The Labute approximate surface area is 90.2 Å². The van der Waals surface area contributed by atoms with Crippen LogP contribution in [0.15, 0.2) is 12.3 Å². The van der Waals surface area contributed by atoms with Gasteiger partial charge in [0, 0.05) is 18.3 Å². The van der Waals surface area contributed by atoms with Crippen LogP contribution >= 0.6 is 0 Å². The van der Waals surface area contributed by atoms with Gasteiger partial charge in [-0.15, -0.1) is 0 Å². The van der Waals surface area contributed by atoms with E-state index in [9.17, 15) is 0 Å². The minimum Gasteiger partial charge on any atom is -0.373 e. The van der Waals surface area contributed by atoms with E-state index in [2.05, 4.69) is 39.2 Å². The summed E-state index contributed by atoms with van der Waals surface area (Å²) in [6.07, 6.45) is 6.48. The Morgan fingerprint density at radius 1 is 1.21 bits per heavy atom. The largest absolute Gasteiger partial charge is 0.373 e. The molecule has 0 aromatic rings. The van der Waals surface area contributed by atoms with Crippen LogP contribution < -0.4 is 0 Å². The maximum Gasteiger partial charge on any atom is 0.0258 e. The van der Waals surface area contributed by atoms with E-state index in [0.717, 1.165) is 0 Å². The zero-order valence-corrected chi connectivity index (χ0v) is 10.5. The second-order valence-corrected chi connectivity index (χ2v) is 4.27. The van der Waals surface area contributed by atoms with Gasteiger partial charge in [0.25, 0.3) is 0 Å². The highest BCUT2D eigenvalue weighted by Gasteiger charge is 2.11. The van der Waals surface area contributed by atoms with Gasteiger partial charge in [0.1, 0.15) is 0 Å². The Balaban J connectivity index is 3.94. The molecule has 0 spiro atoms. The molecule has 0 aliphatic rings. The molecular weight excluding hydrogens is 170 g/mol. The van der Waals surface area contributed by atoms with Gasteiger partial charge in [0.15, 0.2) is 0 Å². The summed E-state index contributed by atoms with van der Waals surface area (Å²) in [6.45, 7) is 14.2. The van der Waals surface area contributed by atoms with Crippen molar-refractivity contribution in [3.05, 3.63) is 12.3 Å². The molecule has 0 aromatic carbocycles. The second kappa shape index (κ2) is 7.90. The molecule has 0 saturated carbocycles. The summed E-state index contributed by atoms with van der Waals surface area (Å²) in [5.74, 6) is 0. The molecule has 0 rings (SSSR count). The number of hydrogen-bond donors (Lipinski definition) is 0. The average Bonchev–Trinajstić information content (AvgIpc) is 2.12. The lowest BCUT2D eigenvalue weighted by Crippen LogP contribution is -2.31. The molecular formula is C13H27N. The summed E-state index contributed by atoms with van der Waals surface area (Å²) in [5, 5.41) is 0. The molecule has 0 bridgehead atoms. The molecule has 14 heavy (non-hydrogen) atoms. The van der Waals surface area contributed by atoms with E-state index in [0.29, 0.717) is 6.04 Å². The highest BCUT2D eigenvalue weighted by molar-refractivity contribution is 4.91. The maximum atomic E-state index is 4.06. The number of nitrogens with zero attached hydrogens (tertiary/aromatic N) is 1. The van der Waals surface area contributed by atoms with Crippen LogP contribution in [0.1, 0.15) is 59.8 Å². The fourth-order valence-corrected chi connectivity index (χ4v) is 1.89. The number of hydrogen-bond acceptors (Lipinski definition) is 1. The summed E-state index contributed by atoms with van der Waals surface area (Å²) in [4.78, 5) is 2.46. The lowest BCUT2D eigenvalue weighted by molar-refractivity contribution is 0.250. The van der Waals surface area contributed by atoms with Gasteiger partial charge in [-0.25, -0.2) is 0 Å². The van der Waals surface area contributed by atoms with E-state index >= 15 is 0 Å². The van der Waals surface area contributed by atoms with Crippen molar-refractivity contribution in [2.24, 2.45) is 0 Å². The van der Waals surface area contributed by atoms with Crippen LogP contribution in [0.5, 0.6) is 0 Å². The Kier molecular flexibility index (Phi) is 7.64. The third-order valence-electron chi connectivity index (χ3n) is 2.73. The fraction of sp³-hybridized carbons (Fsp3) is 0.846. The zero-order valence-electron chi connectivity index (χ0n) is 10.5. The maximum absolute atomic E-state index is 4.06. The van der Waals surface area contributed by atoms with Crippen LogP contribution in [0.2, 0.25) is 0 Å². The first-order chi connectivity index (χ1) is 6.63. The molecule has 0 N–H and O–H groups in total. The highest BCUT2D eigenvalue weighted by Crippen LogP contribution is 2.13. The predicted octanol–water partition coefficient (Wildman–Crippen LogP) is 4.20. The summed E-state index contributed by atoms with van der Waals surface area (Å²) in [6, 6.07) is 0.661. The molecule has 0 fully saturated rings. The lowest BCUT2D eigenvalue weighted by atomic mass is 10.1. The van der Waals surface area contributed by atoms with Crippen LogP contribution in [0.3, 0.4) is 0 Å². The summed E-state index contributed by atoms with van der Waals surface area (Å²) in [7, 11) is 0. The van der Waals surface area contributed by atoms with Gasteiger partial charge in [-0.3, -0.25) is 0 Å². The summed E-state index contributed by atoms with van der Waals surface area (Å²) >= 11 is 0. The third-order valence-corrected chi connectivity index (χ3v) is 2.73.